The second kappa shape index (κ2) is 5.21. The number of aromatic hydroxyl groups is 1. The summed E-state index contributed by atoms with van der Waals surface area (Å²) in [7, 11) is 0. The van der Waals surface area contributed by atoms with Gasteiger partial charge in [-0.1, -0.05) is 20.8 Å². The van der Waals surface area contributed by atoms with Crippen molar-refractivity contribution in [3.8, 4) is 5.75 Å². The average Bonchev–Trinajstić information content (AvgIpc) is 2.25. The summed E-state index contributed by atoms with van der Waals surface area (Å²) >= 11 is 0. The van der Waals surface area contributed by atoms with Crippen LogP contribution >= 0.6 is 0 Å². The Labute approximate surface area is 107 Å². The van der Waals surface area contributed by atoms with Crippen molar-refractivity contribution in [2.45, 2.75) is 33.6 Å². The average molecular weight is 249 g/mol. The van der Waals surface area contributed by atoms with E-state index in [2.05, 4.69) is 20.8 Å². The fraction of sp³-hybridized carbons (Fsp3) is 0.429. The third kappa shape index (κ3) is 3.32. The SMILES string of the molecule is CC(C)(C)CCc1c(O)ccc(C(N)=O)c1C=O. The summed E-state index contributed by atoms with van der Waals surface area (Å²) in [5, 5.41) is 9.81. The van der Waals surface area contributed by atoms with Gasteiger partial charge in [-0.15, -0.1) is 0 Å². The molecule has 18 heavy (non-hydrogen) atoms. The Morgan fingerprint density at radius 2 is 2.00 bits per heavy atom. The van der Waals surface area contributed by atoms with E-state index < -0.39 is 5.91 Å². The van der Waals surface area contributed by atoms with Gasteiger partial charge in [-0.05, 0) is 30.4 Å². The maximum Gasteiger partial charge on any atom is 0.249 e. The molecule has 4 nitrogen and oxygen atoms in total. The number of hydrogen-bond donors (Lipinski definition) is 2. The number of carbonyl (C=O) groups is 2. The molecule has 1 aromatic rings. The fourth-order valence-corrected chi connectivity index (χ4v) is 1.77. The normalized spacial score (nSPS) is 11.3. The van der Waals surface area contributed by atoms with E-state index in [0.29, 0.717) is 18.3 Å². The number of rotatable bonds is 4. The highest BCUT2D eigenvalue weighted by molar-refractivity contribution is 6.01. The molecule has 0 unspecified atom stereocenters. The zero-order chi connectivity index (χ0) is 13.9. The summed E-state index contributed by atoms with van der Waals surface area (Å²) in [6.07, 6.45) is 1.91. The molecule has 4 heteroatoms. The lowest BCUT2D eigenvalue weighted by Crippen LogP contribution is -2.16. The van der Waals surface area contributed by atoms with Crippen molar-refractivity contribution in [3.05, 3.63) is 28.8 Å². The van der Waals surface area contributed by atoms with E-state index in [0.717, 1.165) is 6.42 Å². The Kier molecular flexibility index (Phi) is 4.11. The van der Waals surface area contributed by atoms with Crippen LogP contribution in [0.25, 0.3) is 0 Å². The zero-order valence-electron chi connectivity index (χ0n) is 11.0. The number of nitrogens with two attached hydrogens (primary N) is 1. The molecule has 1 aromatic carbocycles. The van der Waals surface area contributed by atoms with Crippen molar-refractivity contribution in [1.29, 1.82) is 0 Å². The minimum atomic E-state index is -0.658. The lowest BCUT2D eigenvalue weighted by Gasteiger charge is -2.19. The largest absolute Gasteiger partial charge is 0.508 e. The molecule has 0 saturated carbocycles. The van der Waals surface area contributed by atoms with E-state index in [4.69, 9.17) is 5.73 Å². The van der Waals surface area contributed by atoms with Crippen molar-refractivity contribution >= 4 is 12.2 Å². The molecule has 0 aliphatic carbocycles. The molecule has 0 spiro atoms. The van der Waals surface area contributed by atoms with Gasteiger partial charge in [0.15, 0.2) is 6.29 Å². The van der Waals surface area contributed by atoms with Crippen LogP contribution in [0.4, 0.5) is 0 Å². The molecule has 0 aliphatic heterocycles. The van der Waals surface area contributed by atoms with Crippen LogP contribution in [0.15, 0.2) is 12.1 Å². The number of primary amides is 1. The Bertz CT molecular complexity index is 473. The van der Waals surface area contributed by atoms with E-state index >= 15 is 0 Å². The summed E-state index contributed by atoms with van der Waals surface area (Å²) < 4.78 is 0. The summed E-state index contributed by atoms with van der Waals surface area (Å²) in [4.78, 5) is 22.3. The maximum absolute atomic E-state index is 11.2. The third-order valence-corrected chi connectivity index (χ3v) is 2.84. The third-order valence-electron chi connectivity index (χ3n) is 2.84. The molecule has 0 bridgehead atoms. The fourth-order valence-electron chi connectivity index (χ4n) is 1.77. The molecular weight excluding hydrogens is 230 g/mol. The van der Waals surface area contributed by atoms with Gasteiger partial charge in [0, 0.05) is 11.1 Å². The molecule has 0 saturated heterocycles. The van der Waals surface area contributed by atoms with Crippen LogP contribution in [-0.2, 0) is 6.42 Å². The number of benzene rings is 1. The number of carbonyl (C=O) groups excluding carboxylic acids is 2. The molecule has 3 N–H and O–H groups in total. The van der Waals surface area contributed by atoms with Crippen molar-refractivity contribution < 1.29 is 14.7 Å². The van der Waals surface area contributed by atoms with E-state index in [9.17, 15) is 14.7 Å². The molecule has 0 aromatic heterocycles. The highest BCUT2D eigenvalue weighted by Gasteiger charge is 2.18. The van der Waals surface area contributed by atoms with Gasteiger partial charge >= 0.3 is 0 Å². The van der Waals surface area contributed by atoms with Crippen molar-refractivity contribution in [3.63, 3.8) is 0 Å². The van der Waals surface area contributed by atoms with Gasteiger partial charge in [0.2, 0.25) is 5.91 Å². The molecule has 0 heterocycles. The number of hydrogen-bond acceptors (Lipinski definition) is 3. The van der Waals surface area contributed by atoms with Gasteiger partial charge < -0.3 is 10.8 Å². The first-order chi connectivity index (χ1) is 8.26. The minimum Gasteiger partial charge on any atom is -0.508 e. The maximum atomic E-state index is 11.2. The predicted octanol–water partition coefficient (Wildman–Crippen LogP) is 2.28. The Balaban J connectivity index is 3.20. The van der Waals surface area contributed by atoms with E-state index in [-0.39, 0.29) is 22.3 Å². The molecule has 1 amide bonds. The minimum absolute atomic E-state index is 0.0337. The van der Waals surface area contributed by atoms with E-state index in [1.807, 2.05) is 0 Å². The smallest absolute Gasteiger partial charge is 0.249 e. The van der Waals surface area contributed by atoms with Gasteiger partial charge in [-0.2, -0.15) is 0 Å². The number of phenolic OH excluding ortho intramolecular Hbond substituents is 1. The Hall–Kier alpha value is -1.84. The van der Waals surface area contributed by atoms with Gasteiger partial charge in [-0.25, -0.2) is 0 Å². The van der Waals surface area contributed by atoms with Crippen LogP contribution in [0, 0.1) is 5.41 Å². The lowest BCUT2D eigenvalue weighted by atomic mass is 9.86. The first-order valence-electron chi connectivity index (χ1n) is 5.86. The lowest BCUT2D eigenvalue weighted by molar-refractivity contribution is 0.0992. The van der Waals surface area contributed by atoms with Crippen LogP contribution in [-0.4, -0.2) is 17.3 Å². The molecule has 1 rings (SSSR count). The quantitative estimate of drug-likeness (QED) is 0.803. The first kappa shape index (κ1) is 14.2. The summed E-state index contributed by atoms with van der Waals surface area (Å²) in [5.41, 5.74) is 6.15. The van der Waals surface area contributed by atoms with Crippen LogP contribution < -0.4 is 5.73 Å². The van der Waals surface area contributed by atoms with Crippen LogP contribution in [0.1, 0.15) is 53.5 Å². The Morgan fingerprint density at radius 1 is 1.39 bits per heavy atom. The van der Waals surface area contributed by atoms with Gasteiger partial charge in [0.1, 0.15) is 5.75 Å². The number of amides is 1. The van der Waals surface area contributed by atoms with Gasteiger partial charge in [0.05, 0.1) is 5.56 Å². The van der Waals surface area contributed by atoms with Gasteiger partial charge in [0.25, 0.3) is 0 Å². The van der Waals surface area contributed by atoms with Crippen LogP contribution in [0.3, 0.4) is 0 Å². The second-order valence-electron chi connectivity index (χ2n) is 5.57. The van der Waals surface area contributed by atoms with E-state index in [1.165, 1.54) is 12.1 Å². The molecule has 0 radical (unpaired) electrons. The van der Waals surface area contributed by atoms with Gasteiger partial charge in [-0.3, -0.25) is 9.59 Å². The van der Waals surface area contributed by atoms with Crippen molar-refractivity contribution in [2.75, 3.05) is 0 Å². The standard InChI is InChI=1S/C14H19NO3/c1-14(2,3)7-6-9-11(8-16)10(13(15)18)4-5-12(9)17/h4-5,8,17H,6-7H2,1-3H3,(H2,15,18). The van der Waals surface area contributed by atoms with Crippen LogP contribution in [0.5, 0.6) is 5.75 Å². The first-order valence-corrected chi connectivity index (χ1v) is 5.86. The summed E-state index contributed by atoms with van der Waals surface area (Å²) in [6.45, 7) is 6.22. The van der Waals surface area contributed by atoms with Crippen molar-refractivity contribution in [1.82, 2.24) is 0 Å². The zero-order valence-corrected chi connectivity index (χ0v) is 11.0. The molecule has 98 valence electrons. The predicted molar refractivity (Wildman–Crippen MR) is 69.8 cm³/mol. The molecular formula is C14H19NO3. The second-order valence-corrected chi connectivity index (χ2v) is 5.57. The number of aldehydes is 1. The molecule has 0 fully saturated rings. The Morgan fingerprint density at radius 3 is 2.44 bits per heavy atom. The highest BCUT2D eigenvalue weighted by atomic mass is 16.3. The monoisotopic (exact) mass is 249 g/mol. The molecule has 0 atom stereocenters. The topological polar surface area (TPSA) is 80.4 Å². The van der Waals surface area contributed by atoms with Crippen LogP contribution in [0.2, 0.25) is 0 Å². The summed E-state index contributed by atoms with van der Waals surface area (Å²) in [5.74, 6) is -0.625. The summed E-state index contributed by atoms with van der Waals surface area (Å²) in [6, 6.07) is 2.78. The van der Waals surface area contributed by atoms with E-state index in [1.54, 1.807) is 0 Å². The van der Waals surface area contributed by atoms with Crippen molar-refractivity contribution in [2.24, 2.45) is 11.1 Å². The highest BCUT2D eigenvalue weighted by Crippen LogP contribution is 2.29. The number of phenols is 1. The molecule has 0 aliphatic rings.